The fraction of sp³-hybridized carbons (Fsp3) is 0.300. The lowest BCUT2D eigenvalue weighted by atomic mass is 10.0. The number of fused-ring (bicyclic) bond motifs is 1. The molecule has 0 saturated heterocycles. The minimum absolute atomic E-state index is 0.0437. The van der Waals surface area contributed by atoms with Crippen molar-refractivity contribution in [3.05, 3.63) is 33.3 Å². The maximum Gasteiger partial charge on any atom is 0.101 e. The summed E-state index contributed by atoms with van der Waals surface area (Å²) in [6, 6.07) is 6.22. The smallest absolute Gasteiger partial charge is 0.101 e. The first-order valence-corrected chi connectivity index (χ1v) is 5.00. The van der Waals surface area contributed by atoms with Crippen molar-refractivity contribution in [1.82, 2.24) is 0 Å². The Morgan fingerprint density at radius 2 is 2.31 bits per heavy atom. The Morgan fingerprint density at radius 1 is 1.54 bits per heavy atom. The highest BCUT2D eigenvalue weighted by Gasteiger charge is 2.23. The number of rotatable bonds is 0. The number of benzene rings is 1. The molecule has 1 aliphatic rings. The van der Waals surface area contributed by atoms with Crippen LogP contribution in [0, 0.1) is 11.3 Å². The minimum atomic E-state index is 0.0437. The van der Waals surface area contributed by atoms with Crippen LogP contribution in [0.1, 0.15) is 29.2 Å². The van der Waals surface area contributed by atoms with E-state index in [9.17, 15) is 0 Å². The highest BCUT2D eigenvalue weighted by atomic mass is 79.9. The lowest BCUT2D eigenvalue weighted by Gasteiger charge is -2.07. The van der Waals surface area contributed by atoms with E-state index < -0.39 is 0 Å². The Balaban J connectivity index is 2.69. The number of hydrogen-bond acceptors (Lipinski definition) is 2. The highest BCUT2D eigenvalue weighted by Crippen LogP contribution is 2.35. The second kappa shape index (κ2) is 3.13. The van der Waals surface area contributed by atoms with E-state index >= 15 is 0 Å². The van der Waals surface area contributed by atoms with Crippen LogP contribution in [-0.2, 0) is 6.42 Å². The third-order valence-electron chi connectivity index (χ3n) is 2.49. The molecule has 0 radical (unpaired) electrons. The molecule has 2 rings (SSSR count). The van der Waals surface area contributed by atoms with E-state index in [2.05, 4.69) is 22.0 Å². The van der Waals surface area contributed by atoms with E-state index in [-0.39, 0.29) is 6.04 Å². The van der Waals surface area contributed by atoms with Crippen molar-refractivity contribution < 1.29 is 0 Å². The highest BCUT2D eigenvalue weighted by molar-refractivity contribution is 9.10. The molecule has 1 aliphatic carbocycles. The summed E-state index contributed by atoms with van der Waals surface area (Å²) >= 11 is 3.36. The van der Waals surface area contributed by atoms with Gasteiger partial charge < -0.3 is 5.73 Å². The quantitative estimate of drug-likeness (QED) is 0.752. The number of hydrogen-bond donors (Lipinski definition) is 1. The van der Waals surface area contributed by atoms with E-state index in [1.807, 2.05) is 12.1 Å². The van der Waals surface area contributed by atoms with Gasteiger partial charge in [0, 0.05) is 10.5 Å². The zero-order chi connectivity index (χ0) is 9.42. The van der Waals surface area contributed by atoms with Crippen molar-refractivity contribution in [1.29, 1.82) is 5.26 Å². The van der Waals surface area contributed by atoms with Crippen LogP contribution in [0.15, 0.2) is 16.6 Å². The topological polar surface area (TPSA) is 49.8 Å². The second-order valence-electron chi connectivity index (χ2n) is 3.25. The van der Waals surface area contributed by atoms with Crippen LogP contribution in [0.3, 0.4) is 0 Å². The Hall–Kier alpha value is -0.850. The molecular weight excluding hydrogens is 228 g/mol. The summed E-state index contributed by atoms with van der Waals surface area (Å²) in [4.78, 5) is 0. The van der Waals surface area contributed by atoms with Crippen LogP contribution in [0.5, 0.6) is 0 Å². The van der Waals surface area contributed by atoms with E-state index in [4.69, 9.17) is 11.0 Å². The fourth-order valence-electron chi connectivity index (χ4n) is 1.85. The molecule has 2 N–H and O–H groups in total. The van der Waals surface area contributed by atoms with Crippen molar-refractivity contribution in [3.63, 3.8) is 0 Å². The predicted octanol–water partition coefficient (Wildman–Crippen LogP) is 2.27. The molecule has 13 heavy (non-hydrogen) atoms. The van der Waals surface area contributed by atoms with Gasteiger partial charge in [0.1, 0.15) is 6.07 Å². The molecule has 0 aliphatic heterocycles. The average molecular weight is 237 g/mol. The van der Waals surface area contributed by atoms with Gasteiger partial charge in [-0.1, -0.05) is 6.07 Å². The number of nitrogens with zero attached hydrogens (tertiary/aromatic N) is 1. The molecule has 0 heterocycles. The summed E-state index contributed by atoms with van der Waals surface area (Å²) in [5, 5.41) is 8.96. The number of nitriles is 1. The van der Waals surface area contributed by atoms with E-state index in [1.54, 1.807) is 0 Å². The number of nitrogens with two attached hydrogens (primary N) is 1. The molecule has 0 amide bonds. The van der Waals surface area contributed by atoms with Gasteiger partial charge in [-0.05, 0) is 46.0 Å². The van der Waals surface area contributed by atoms with Crippen molar-refractivity contribution in [2.45, 2.75) is 18.9 Å². The minimum Gasteiger partial charge on any atom is -0.324 e. The molecule has 0 saturated carbocycles. The molecule has 1 atom stereocenters. The lowest BCUT2D eigenvalue weighted by molar-refractivity contribution is 0.712. The summed E-state index contributed by atoms with van der Waals surface area (Å²) in [7, 11) is 0. The molecule has 1 aromatic rings. The maximum absolute atomic E-state index is 8.96. The summed E-state index contributed by atoms with van der Waals surface area (Å²) in [5.74, 6) is 0. The third kappa shape index (κ3) is 1.27. The second-order valence-corrected chi connectivity index (χ2v) is 4.11. The zero-order valence-electron chi connectivity index (χ0n) is 7.05. The van der Waals surface area contributed by atoms with Gasteiger partial charge in [-0.25, -0.2) is 0 Å². The fourth-order valence-corrected chi connectivity index (χ4v) is 2.28. The Bertz CT molecular complexity index is 393. The zero-order valence-corrected chi connectivity index (χ0v) is 8.63. The van der Waals surface area contributed by atoms with Crippen molar-refractivity contribution >= 4 is 15.9 Å². The van der Waals surface area contributed by atoms with E-state index in [0.717, 1.165) is 22.9 Å². The molecule has 3 heteroatoms. The molecule has 0 spiro atoms. The van der Waals surface area contributed by atoms with Gasteiger partial charge in [0.05, 0.1) is 5.56 Å². The summed E-state index contributed by atoms with van der Waals surface area (Å²) in [6.45, 7) is 0. The summed E-state index contributed by atoms with van der Waals surface area (Å²) < 4.78 is 0.853. The normalized spacial score (nSPS) is 19.6. The summed E-state index contributed by atoms with van der Waals surface area (Å²) in [5.41, 5.74) is 8.90. The lowest BCUT2D eigenvalue weighted by Crippen LogP contribution is -2.07. The van der Waals surface area contributed by atoms with Gasteiger partial charge in [-0.3, -0.25) is 0 Å². The standard InChI is InChI=1S/C10H9BrN2/c11-8-3-1-6-2-4-9(13)10(6)7(8)5-12/h1,3,9H,2,4,13H2. The van der Waals surface area contributed by atoms with Crippen molar-refractivity contribution in [3.8, 4) is 6.07 Å². The molecule has 0 fully saturated rings. The molecule has 0 aromatic heterocycles. The third-order valence-corrected chi connectivity index (χ3v) is 3.15. The van der Waals surface area contributed by atoms with Crippen LogP contribution < -0.4 is 5.73 Å². The van der Waals surface area contributed by atoms with Gasteiger partial charge in [-0.15, -0.1) is 0 Å². The largest absolute Gasteiger partial charge is 0.324 e. The monoisotopic (exact) mass is 236 g/mol. The van der Waals surface area contributed by atoms with Crippen LogP contribution in [0.2, 0.25) is 0 Å². The van der Waals surface area contributed by atoms with E-state index in [1.165, 1.54) is 5.56 Å². The number of aryl methyl sites for hydroxylation is 1. The Labute approximate surface area is 85.5 Å². The SMILES string of the molecule is N#Cc1c(Br)ccc2c1C(N)CC2. The van der Waals surface area contributed by atoms with Gasteiger partial charge in [0.25, 0.3) is 0 Å². The average Bonchev–Trinajstić information content (AvgIpc) is 2.49. The van der Waals surface area contributed by atoms with E-state index in [0.29, 0.717) is 5.56 Å². The molecule has 1 aromatic carbocycles. The van der Waals surface area contributed by atoms with Crippen LogP contribution in [0.4, 0.5) is 0 Å². The van der Waals surface area contributed by atoms with Gasteiger partial charge in [0.15, 0.2) is 0 Å². The number of halogens is 1. The molecule has 66 valence electrons. The van der Waals surface area contributed by atoms with Crippen molar-refractivity contribution in [2.24, 2.45) is 5.73 Å². The van der Waals surface area contributed by atoms with Crippen LogP contribution in [0.25, 0.3) is 0 Å². The van der Waals surface area contributed by atoms with Gasteiger partial charge in [0.2, 0.25) is 0 Å². The Morgan fingerprint density at radius 3 is 3.00 bits per heavy atom. The predicted molar refractivity (Wildman–Crippen MR) is 54.1 cm³/mol. The molecule has 2 nitrogen and oxygen atoms in total. The van der Waals surface area contributed by atoms with Crippen LogP contribution >= 0.6 is 15.9 Å². The first-order chi connectivity index (χ1) is 6.24. The van der Waals surface area contributed by atoms with Crippen LogP contribution in [-0.4, -0.2) is 0 Å². The maximum atomic E-state index is 8.96. The van der Waals surface area contributed by atoms with Gasteiger partial charge in [-0.2, -0.15) is 5.26 Å². The Kier molecular flexibility index (Phi) is 2.10. The first-order valence-electron chi connectivity index (χ1n) is 4.21. The van der Waals surface area contributed by atoms with Gasteiger partial charge >= 0.3 is 0 Å². The molecule has 0 bridgehead atoms. The first kappa shape index (κ1) is 8.74. The van der Waals surface area contributed by atoms with Crippen molar-refractivity contribution in [2.75, 3.05) is 0 Å². The molecule has 1 unspecified atom stereocenters. The molecular formula is C10H9BrN2. The summed E-state index contributed by atoms with van der Waals surface area (Å²) in [6.07, 6.45) is 1.96.